The van der Waals surface area contributed by atoms with E-state index in [9.17, 15) is 19.1 Å². The van der Waals surface area contributed by atoms with Crippen molar-refractivity contribution < 1.29 is 19.1 Å². The molecule has 2 saturated heterocycles. The number of rotatable bonds is 3. The maximum absolute atomic E-state index is 13.2. The lowest BCUT2D eigenvalue weighted by Crippen LogP contribution is -2.73. The van der Waals surface area contributed by atoms with Crippen LogP contribution in [0.15, 0.2) is 48.5 Å². The summed E-state index contributed by atoms with van der Waals surface area (Å²) in [7, 11) is 0. The Bertz CT molecular complexity index is 1070. The SMILES string of the molecule is O=C(c1ccc(F)cc1)N1CC(=O)N2[C@H](CO)[C@@H](c3ccc(C#CC4CC4)cc3)[C@H]2C1. The topological polar surface area (TPSA) is 60.9 Å². The summed E-state index contributed by atoms with van der Waals surface area (Å²) < 4.78 is 13.2. The van der Waals surface area contributed by atoms with Gasteiger partial charge in [0.15, 0.2) is 0 Å². The Kier molecular flexibility index (Phi) is 4.99. The number of piperazine rings is 1. The molecule has 1 saturated carbocycles. The molecule has 2 aromatic rings. The maximum atomic E-state index is 13.2. The quantitative estimate of drug-likeness (QED) is 0.779. The fourth-order valence-corrected chi connectivity index (χ4v) is 4.63. The first-order valence-corrected chi connectivity index (χ1v) is 10.6. The number of carbonyl (C=O) groups excluding carboxylic acids is 2. The van der Waals surface area contributed by atoms with Crippen molar-refractivity contribution in [1.82, 2.24) is 9.80 Å². The van der Waals surface area contributed by atoms with Gasteiger partial charge in [0.2, 0.25) is 5.91 Å². The molecule has 3 aliphatic rings. The van der Waals surface area contributed by atoms with Crippen molar-refractivity contribution in [3.8, 4) is 11.8 Å². The zero-order valence-corrected chi connectivity index (χ0v) is 17.0. The van der Waals surface area contributed by atoms with Crippen LogP contribution in [0.2, 0.25) is 0 Å². The number of benzene rings is 2. The molecule has 6 heteroatoms. The van der Waals surface area contributed by atoms with Gasteiger partial charge >= 0.3 is 0 Å². The molecule has 0 aromatic heterocycles. The van der Waals surface area contributed by atoms with Crippen LogP contribution in [0.1, 0.15) is 40.2 Å². The molecular weight excluding hydrogens is 395 g/mol. The maximum Gasteiger partial charge on any atom is 0.254 e. The summed E-state index contributed by atoms with van der Waals surface area (Å²) in [5, 5.41) is 9.93. The third-order valence-corrected chi connectivity index (χ3v) is 6.42. The molecule has 158 valence electrons. The van der Waals surface area contributed by atoms with Crippen LogP contribution in [0.25, 0.3) is 0 Å². The van der Waals surface area contributed by atoms with E-state index in [0.29, 0.717) is 18.0 Å². The number of hydrogen-bond acceptors (Lipinski definition) is 3. The van der Waals surface area contributed by atoms with Crippen LogP contribution >= 0.6 is 0 Å². The summed E-state index contributed by atoms with van der Waals surface area (Å²) in [6, 6.07) is 12.9. The van der Waals surface area contributed by atoms with Crippen LogP contribution < -0.4 is 0 Å². The number of halogens is 1. The summed E-state index contributed by atoms with van der Waals surface area (Å²) >= 11 is 0. The van der Waals surface area contributed by atoms with Crippen LogP contribution in [0.3, 0.4) is 0 Å². The van der Waals surface area contributed by atoms with Gasteiger partial charge in [-0.05, 0) is 54.8 Å². The Hall–Kier alpha value is -3.17. The minimum atomic E-state index is -0.410. The zero-order valence-electron chi connectivity index (χ0n) is 17.0. The Morgan fingerprint density at radius 2 is 1.81 bits per heavy atom. The Labute approximate surface area is 180 Å². The average molecular weight is 418 g/mol. The number of hydrogen-bond donors (Lipinski definition) is 1. The van der Waals surface area contributed by atoms with E-state index in [-0.39, 0.29) is 43.0 Å². The molecule has 2 amide bonds. The third-order valence-electron chi connectivity index (χ3n) is 6.42. The normalized spacial score (nSPS) is 24.7. The zero-order chi connectivity index (χ0) is 21.5. The van der Waals surface area contributed by atoms with Crippen molar-refractivity contribution in [3.05, 3.63) is 71.0 Å². The molecule has 1 N–H and O–H groups in total. The molecule has 0 unspecified atom stereocenters. The second kappa shape index (κ2) is 7.82. The molecule has 0 bridgehead atoms. The first-order chi connectivity index (χ1) is 15.0. The Balaban J connectivity index is 1.35. The van der Waals surface area contributed by atoms with Gasteiger partial charge in [-0.25, -0.2) is 4.39 Å². The highest BCUT2D eigenvalue weighted by Crippen LogP contribution is 2.43. The number of amides is 2. The minimum absolute atomic E-state index is 0.0361. The van der Waals surface area contributed by atoms with E-state index < -0.39 is 5.82 Å². The van der Waals surface area contributed by atoms with E-state index in [4.69, 9.17) is 0 Å². The molecule has 1 aliphatic carbocycles. The van der Waals surface area contributed by atoms with Crippen molar-refractivity contribution in [2.24, 2.45) is 5.92 Å². The smallest absolute Gasteiger partial charge is 0.254 e. The largest absolute Gasteiger partial charge is 0.394 e. The fourth-order valence-electron chi connectivity index (χ4n) is 4.63. The van der Waals surface area contributed by atoms with E-state index in [1.807, 2.05) is 24.3 Å². The van der Waals surface area contributed by atoms with Crippen molar-refractivity contribution in [2.75, 3.05) is 19.7 Å². The van der Waals surface area contributed by atoms with Gasteiger partial charge in [0, 0.05) is 29.5 Å². The highest BCUT2D eigenvalue weighted by atomic mass is 19.1. The summed E-state index contributed by atoms with van der Waals surface area (Å²) in [6.07, 6.45) is 2.37. The highest BCUT2D eigenvalue weighted by Gasteiger charge is 2.54. The van der Waals surface area contributed by atoms with Gasteiger partial charge in [0.1, 0.15) is 12.4 Å². The molecule has 31 heavy (non-hydrogen) atoms. The monoisotopic (exact) mass is 418 g/mol. The number of nitrogens with zero attached hydrogens (tertiary/aromatic N) is 2. The lowest BCUT2D eigenvalue weighted by atomic mass is 9.73. The Morgan fingerprint density at radius 1 is 1.10 bits per heavy atom. The lowest BCUT2D eigenvalue weighted by Gasteiger charge is -2.58. The van der Waals surface area contributed by atoms with Crippen LogP contribution in [0.4, 0.5) is 4.39 Å². The van der Waals surface area contributed by atoms with Gasteiger partial charge in [0.25, 0.3) is 5.91 Å². The molecule has 0 radical (unpaired) electrons. The van der Waals surface area contributed by atoms with Gasteiger partial charge in [-0.3, -0.25) is 9.59 Å². The number of aliphatic hydroxyl groups is 1. The van der Waals surface area contributed by atoms with Crippen LogP contribution in [-0.2, 0) is 4.79 Å². The van der Waals surface area contributed by atoms with Gasteiger partial charge < -0.3 is 14.9 Å². The average Bonchev–Trinajstić information content (AvgIpc) is 3.59. The van der Waals surface area contributed by atoms with Gasteiger partial charge in [-0.1, -0.05) is 24.0 Å². The van der Waals surface area contributed by atoms with Crippen molar-refractivity contribution in [1.29, 1.82) is 0 Å². The van der Waals surface area contributed by atoms with Crippen LogP contribution in [-0.4, -0.2) is 58.5 Å². The summed E-state index contributed by atoms with van der Waals surface area (Å²) in [4.78, 5) is 28.9. The van der Waals surface area contributed by atoms with Crippen molar-refractivity contribution in [2.45, 2.75) is 30.8 Å². The molecule has 5 rings (SSSR count). The molecule has 5 nitrogen and oxygen atoms in total. The van der Waals surface area contributed by atoms with Crippen LogP contribution in [0.5, 0.6) is 0 Å². The summed E-state index contributed by atoms with van der Waals surface area (Å²) in [5.41, 5.74) is 2.34. The number of carbonyl (C=O) groups is 2. The Morgan fingerprint density at radius 3 is 2.45 bits per heavy atom. The van der Waals surface area contributed by atoms with Gasteiger partial charge in [-0.2, -0.15) is 0 Å². The molecule has 0 spiro atoms. The molecular formula is C25H23FN2O3. The molecule has 3 atom stereocenters. The summed E-state index contributed by atoms with van der Waals surface area (Å²) in [5.74, 6) is 6.06. The molecule has 2 aliphatic heterocycles. The first kappa shape index (κ1) is 19.8. The van der Waals surface area contributed by atoms with E-state index >= 15 is 0 Å². The third kappa shape index (κ3) is 3.70. The standard InChI is InChI=1S/C25H23FN2O3/c26-20-11-9-19(10-12-20)25(31)27-13-21-24(22(15-29)28(21)23(30)14-27)18-7-5-17(6-8-18)4-3-16-1-2-16/h5-12,16,21-22,24,29H,1-2,13-15H2/t21-,22-,24+/m1/s1. The van der Waals surface area contributed by atoms with Crippen molar-refractivity contribution in [3.63, 3.8) is 0 Å². The molecule has 3 fully saturated rings. The second-order valence-corrected chi connectivity index (χ2v) is 8.50. The predicted octanol–water partition coefficient (Wildman–Crippen LogP) is 2.40. The fraction of sp³-hybridized carbons (Fsp3) is 0.360. The van der Waals surface area contributed by atoms with E-state index in [1.54, 1.807) is 4.90 Å². The number of aliphatic hydroxyl groups excluding tert-OH is 1. The van der Waals surface area contributed by atoms with Crippen molar-refractivity contribution >= 4 is 11.8 Å². The highest BCUT2D eigenvalue weighted by molar-refractivity contribution is 5.97. The predicted molar refractivity (Wildman–Crippen MR) is 113 cm³/mol. The second-order valence-electron chi connectivity index (χ2n) is 8.50. The van der Waals surface area contributed by atoms with Gasteiger partial charge in [0.05, 0.1) is 18.7 Å². The van der Waals surface area contributed by atoms with E-state index in [2.05, 4.69) is 11.8 Å². The number of fused-ring (bicyclic) bond motifs is 1. The first-order valence-electron chi connectivity index (χ1n) is 10.6. The minimum Gasteiger partial charge on any atom is -0.394 e. The van der Waals surface area contributed by atoms with Crippen LogP contribution in [0, 0.1) is 23.6 Å². The molecule has 2 heterocycles. The van der Waals surface area contributed by atoms with Gasteiger partial charge in [-0.15, -0.1) is 0 Å². The lowest BCUT2D eigenvalue weighted by molar-refractivity contribution is -0.159. The molecule has 2 aromatic carbocycles. The summed E-state index contributed by atoms with van der Waals surface area (Å²) in [6.45, 7) is 0.222. The van der Waals surface area contributed by atoms with E-state index in [0.717, 1.165) is 11.1 Å². The van der Waals surface area contributed by atoms with E-state index in [1.165, 1.54) is 42.0 Å².